The molecule has 0 atom stereocenters. The number of amides is 1. The number of nitrogens with one attached hydrogen (secondary N) is 2. The number of benzene rings is 1. The second-order valence-electron chi connectivity index (χ2n) is 5.28. The zero-order chi connectivity index (χ0) is 15.1. The summed E-state index contributed by atoms with van der Waals surface area (Å²) >= 11 is 0. The molecule has 116 valence electrons. The number of ether oxygens (including phenoxy) is 2. The molecule has 0 bridgehead atoms. The van der Waals surface area contributed by atoms with Gasteiger partial charge in [0.05, 0.1) is 7.11 Å². The van der Waals surface area contributed by atoms with Gasteiger partial charge in [0.15, 0.2) is 6.61 Å². The zero-order valence-electron chi connectivity index (χ0n) is 12.8. The minimum atomic E-state index is -0.0622. The molecule has 0 radical (unpaired) electrons. The maximum atomic E-state index is 11.7. The Kier molecular flexibility index (Phi) is 5.87. The molecule has 0 aliphatic heterocycles. The van der Waals surface area contributed by atoms with Crippen LogP contribution in [0.25, 0.3) is 0 Å². The van der Waals surface area contributed by atoms with Crippen LogP contribution in [0, 0.1) is 0 Å². The molecule has 1 aliphatic carbocycles. The fourth-order valence-corrected chi connectivity index (χ4v) is 1.98. The molecule has 1 aliphatic rings. The molecule has 5 nitrogen and oxygen atoms in total. The van der Waals surface area contributed by atoms with E-state index in [2.05, 4.69) is 17.6 Å². The molecule has 1 amide bonds. The number of carbonyl (C=O) groups is 1. The average Bonchev–Trinajstić information content (AvgIpc) is 3.30. The van der Waals surface area contributed by atoms with Gasteiger partial charge in [-0.15, -0.1) is 0 Å². The third-order valence-corrected chi connectivity index (χ3v) is 3.32. The second-order valence-corrected chi connectivity index (χ2v) is 5.28. The van der Waals surface area contributed by atoms with Crippen molar-refractivity contribution in [3.63, 3.8) is 0 Å². The van der Waals surface area contributed by atoms with Gasteiger partial charge in [0.1, 0.15) is 11.5 Å². The van der Waals surface area contributed by atoms with Crippen LogP contribution >= 0.6 is 0 Å². The minimum absolute atomic E-state index is 0.0461. The fourth-order valence-electron chi connectivity index (χ4n) is 1.98. The average molecular weight is 292 g/mol. The van der Waals surface area contributed by atoms with Crippen LogP contribution in [0.2, 0.25) is 0 Å². The number of methoxy groups -OCH3 is 1. The van der Waals surface area contributed by atoms with E-state index < -0.39 is 0 Å². The van der Waals surface area contributed by atoms with Gasteiger partial charge in [0.2, 0.25) is 0 Å². The molecular weight excluding hydrogens is 268 g/mol. The maximum Gasteiger partial charge on any atom is 0.258 e. The van der Waals surface area contributed by atoms with Crippen LogP contribution in [0.3, 0.4) is 0 Å². The van der Waals surface area contributed by atoms with Crippen molar-refractivity contribution in [1.82, 2.24) is 10.6 Å². The van der Waals surface area contributed by atoms with E-state index in [1.165, 1.54) is 0 Å². The van der Waals surface area contributed by atoms with Crippen LogP contribution < -0.4 is 20.1 Å². The smallest absolute Gasteiger partial charge is 0.258 e. The van der Waals surface area contributed by atoms with Crippen molar-refractivity contribution >= 4 is 5.91 Å². The third kappa shape index (κ3) is 5.27. The molecule has 0 aromatic heterocycles. The normalized spacial score (nSPS) is 13.8. The highest BCUT2D eigenvalue weighted by Crippen LogP contribution is 2.25. The lowest BCUT2D eigenvalue weighted by Crippen LogP contribution is -2.30. The van der Waals surface area contributed by atoms with E-state index in [1.54, 1.807) is 7.11 Å². The van der Waals surface area contributed by atoms with Crippen molar-refractivity contribution in [3.8, 4) is 11.5 Å². The van der Waals surface area contributed by atoms with Crippen molar-refractivity contribution in [2.45, 2.75) is 38.8 Å². The van der Waals surface area contributed by atoms with Gasteiger partial charge in [-0.25, -0.2) is 0 Å². The summed E-state index contributed by atoms with van der Waals surface area (Å²) in [5.74, 6) is 1.36. The predicted molar refractivity (Wildman–Crippen MR) is 81.7 cm³/mol. The molecule has 21 heavy (non-hydrogen) atoms. The van der Waals surface area contributed by atoms with Gasteiger partial charge < -0.3 is 20.1 Å². The Hall–Kier alpha value is -1.75. The summed E-state index contributed by atoms with van der Waals surface area (Å²) < 4.78 is 10.9. The third-order valence-electron chi connectivity index (χ3n) is 3.32. The molecule has 0 saturated heterocycles. The summed E-state index contributed by atoms with van der Waals surface area (Å²) in [7, 11) is 1.62. The summed E-state index contributed by atoms with van der Waals surface area (Å²) in [6, 6.07) is 6.06. The summed E-state index contributed by atoms with van der Waals surface area (Å²) in [6.07, 6.45) is 3.24. The van der Waals surface area contributed by atoms with Crippen LogP contribution in [0.1, 0.15) is 31.7 Å². The molecular formula is C16H24N2O3. The first-order chi connectivity index (χ1) is 10.2. The van der Waals surface area contributed by atoms with E-state index in [1.807, 2.05) is 18.2 Å². The van der Waals surface area contributed by atoms with Gasteiger partial charge in [-0.2, -0.15) is 0 Å². The van der Waals surface area contributed by atoms with Gasteiger partial charge >= 0.3 is 0 Å². The Labute approximate surface area is 126 Å². The Balaban J connectivity index is 1.94. The molecule has 0 heterocycles. The van der Waals surface area contributed by atoms with Crippen molar-refractivity contribution < 1.29 is 14.3 Å². The van der Waals surface area contributed by atoms with Crippen LogP contribution in [0.15, 0.2) is 18.2 Å². The molecule has 0 unspecified atom stereocenters. The number of carbonyl (C=O) groups excluding carboxylic acids is 1. The largest absolute Gasteiger partial charge is 0.497 e. The van der Waals surface area contributed by atoms with E-state index in [-0.39, 0.29) is 12.5 Å². The van der Waals surface area contributed by atoms with Gasteiger partial charge in [-0.3, -0.25) is 4.79 Å². The summed E-state index contributed by atoms with van der Waals surface area (Å²) in [5.41, 5.74) is 1.03. The van der Waals surface area contributed by atoms with E-state index in [9.17, 15) is 4.79 Å². The number of rotatable bonds is 9. The molecule has 0 spiro atoms. The van der Waals surface area contributed by atoms with Gasteiger partial charge in [-0.05, 0) is 31.9 Å². The Morgan fingerprint density at radius 3 is 2.86 bits per heavy atom. The highest BCUT2D eigenvalue weighted by Gasteiger charge is 2.23. The van der Waals surface area contributed by atoms with E-state index in [4.69, 9.17) is 9.47 Å². The van der Waals surface area contributed by atoms with Crippen molar-refractivity contribution in [2.75, 3.05) is 20.3 Å². The monoisotopic (exact) mass is 292 g/mol. The van der Waals surface area contributed by atoms with Crippen LogP contribution in [0.5, 0.6) is 11.5 Å². The minimum Gasteiger partial charge on any atom is -0.497 e. The van der Waals surface area contributed by atoms with Gasteiger partial charge in [-0.1, -0.05) is 13.0 Å². The lowest BCUT2D eigenvalue weighted by Gasteiger charge is -2.13. The Bertz CT molecular complexity index is 473. The van der Waals surface area contributed by atoms with E-state index >= 15 is 0 Å². The quantitative estimate of drug-likeness (QED) is 0.682. The van der Waals surface area contributed by atoms with Crippen LogP contribution in [-0.2, 0) is 11.3 Å². The highest BCUT2D eigenvalue weighted by atomic mass is 16.5. The first-order valence-corrected chi connectivity index (χ1v) is 7.52. The first kappa shape index (κ1) is 15.6. The fraction of sp³-hybridized carbons (Fsp3) is 0.562. The number of hydrogen-bond donors (Lipinski definition) is 2. The summed E-state index contributed by atoms with van der Waals surface area (Å²) in [4.78, 5) is 11.7. The topological polar surface area (TPSA) is 59.6 Å². The second kappa shape index (κ2) is 7.88. The molecule has 1 saturated carbocycles. The van der Waals surface area contributed by atoms with Gasteiger partial charge in [0, 0.05) is 24.2 Å². The maximum absolute atomic E-state index is 11.7. The van der Waals surface area contributed by atoms with Gasteiger partial charge in [0.25, 0.3) is 5.91 Å². The van der Waals surface area contributed by atoms with Crippen molar-refractivity contribution in [3.05, 3.63) is 23.8 Å². The lowest BCUT2D eigenvalue weighted by molar-refractivity contribution is -0.123. The highest BCUT2D eigenvalue weighted by molar-refractivity contribution is 5.78. The lowest BCUT2D eigenvalue weighted by atomic mass is 10.2. The molecule has 5 heteroatoms. The SMILES string of the molecule is CCCNCc1ccc(OC)cc1OCC(=O)NC1CC1. The van der Waals surface area contributed by atoms with E-state index in [0.29, 0.717) is 11.8 Å². The zero-order valence-corrected chi connectivity index (χ0v) is 12.8. The van der Waals surface area contributed by atoms with Crippen LogP contribution in [-0.4, -0.2) is 32.2 Å². The number of hydrogen-bond acceptors (Lipinski definition) is 4. The summed E-state index contributed by atoms with van der Waals surface area (Å²) in [5, 5.41) is 6.25. The molecule has 1 aromatic rings. The standard InChI is InChI=1S/C16H24N2O3/c1-3-8-17-10-12-4-7-14(20-2)9-15(12)21-11-16(19)18-13-5-6-13/h4,7,9,13,17H,3,5-6,8,10-11H2,1-2H3,(H,18,19). The van der Waals surface area contributed by atoms with Crippen molar-refractivity contribution in [2.24, 2.45) is 0 Å². The molecule has 1 aromatic carbocycles. The molecule has 1 fully saturated rings. The molecule has 2 N–H and O–H groups in total. The molecule has 2 rings (SSSR count). The van der Waals surface area contributed by atoms with Crippen LogP contribution in [0.4, 0.5) is 0 Å². The Morgan fingerprint density at radius 2 is 2.19 bits per heavy atom. The summed E-state index contributed by atoms with van der Waals surface area (Å²) in [6.45, 7) is 3.84. The van der Waals surface area contributed by atoms with Crippen molar-refractivity contribution in [1.29, 1.82) is 0 Å². The first-order valence-electron chi connectivity index (χ1n) is 7.52. The van der Waals surface area contributed by atoms with E-state index in [0.717, 1.165) is 43.7 Å². The Morgan fingerprint density at radius 1 is 1.38 bits per heavy atom. The predicted octanol–water partition coefficient (Wildman–Crippen LogP) is 1.85.